The summed E-state index contributed by atoms with van der Waals surface area (Å²) >= 11 is 0. The fraction of sp³-hybridized carbons (Fsp3) is 0.200. The molecule has 2 rings (SSSR count). The summed E-state index contributed by atoms with van der Waals surface area (Å²) < 4.78 is 0. The molecule has 1 nitrogen and oxygen atoms in total. The van der Waals surface area contributed by atoms with E-state index in [1.54, 1.807) is 0 Å². The third-order valence-corrected chi connectivity index (χ3v) is 3.62. The van der Waals surface area contributed by atoms with Crippen molar-refractivity contribution in [3.63, 3.8) is 0 Å². The van der Waals surface area contributed by atoms with Gasteiger partial charge in [0.15, 0.2) is 0 Å². The molecule has 0 unspecified atom stereocenters. The van der Waals surface area contributed by atoms with Gasteiger partial charge in [0.25, 0.3) is 0 Å². The monoisotopic (exact) mass is 276 g/mol. The van der Waals surface area contributed by atoms with E-state index in [-0.39, 0.29) is 0 Å². The van der Waals surface area contributed by atoms with Crippen LogP contribution in [0.25, 0.3) is 6.08 Å². The van der Waals surface area contributed by atoms with Gasteiger partial charge in [0.05, 0.1) is 0 Å². The highest BCUT2D eigenvalue weighted by Crippen LogP contribution is 2.20. The Kier molecular flexibility index (Phi) is 4.92. The highest BCUT2D eigenvalue weighted by molar-refractivity contribution is 5.65. The molecule has 21 heavy (non-hydrogen) atoms. The summed E-state index contributed by atoms with van der Waals surface area (Å²) in [5.41, 5.74) is 6.69. The van der Waals surface area contributed by atoms with Crippen molar-refractivity contribution >= 4 is 12.0 Å². The van der Waals surface area contributed by atoms with Gasteiger partial charge in [-0.15, -0.1) is 0 Å². The molecule has 2 aromatic carbocycles. The van der Waals surface area contributed by atoms with Crippen LogP contribution in [0, 0.1) is 20.8 Å². The molecular weight excluding hydrogens is 256 g/mol. The van der Waals surface area contributed by atoms with Crippen molar-refractivity contribution in [3.8, 4) is 0 Å². The van der Waals surface area contributed by atoms with E-state index in [0.29, 0.717) is 12.0 Å². The second-order valence-electron chi connectivity index (χ2n) is 5.43. The largest absolute Gasteiger partial charge is 0.233 e. The first kappa shape index (κ1) is 15.0. The van der Waals surface area contributed by atoms with E-state index in [2.05, 4.69) is 38.8 Å². The second kappa shape index (κ2) is 6.88. The van der Waals surface area contributed by atoms with Crippen LogP contribution in [0.4, 0.5) is 0 Å². The summed E-state index contributed by atoms with van der Waals surface area (Å²) in [6.45, 7) is 6.28. The fourth-order valence-electron chi connectivity index (χ4n) is 2.57. The lowest BCUT2D eigenvalue weighted by molar-refractivity contribution is 0.567. The third kappa shape index (κ3) is 4.05. The lowest BCUT2D eigenvalue weighted by Gasteiger charge is -2.10. The van der Waals surface area contributed by atoms with Gasteiger partial charge in [-0.1, -0.05) is 54.1 Å². The van der Waals surface area contributed by atoms with Crippen LogP contribution in [0.15, 0.2) is 54.1 Å². The normalized spacial score (nSPS) is 10.6. The number of hydrogen-bond acceptors (Lipinski definition) is 1. The number of carbonyl (C=O) groups excluding carboxylic acids is 1. The van der Waals surface area contributed by atoms with Crippen LogP contribution in [0.1, 0.15) is 27.8 Å². The van der Waals surface area contributed by atoms with Gasteiger partial charge in [-0.2, -0.15) is 0 Å². The molecule has 0 saturated heterocycles. The molecule has 0 heterocycles. The zero-order valence-corrected chi connectivity index (χ0v) is 12.8. The third-order valence-electron chi connectivity index (χ3n) is 3.62. The average molecular weight is 276 g/mol. The molecule has 0 spiro atoms. The number of rotatable bonds is 4. The summed E-state index contributed by atoms with van der Waals surface area (Å²) in [4.78, 5) is 11.2. The molecule has 0 amide bonds. The van der Waals surface area contributed by atoms with Crippen molar-refractivity contribution in [1.29, 1.82) is 0 Å². The maximum absolute atomic E-state index is 11.2. The predicted octanol–water partition coefficient (Wildman–Crippen LogP) is 4.63. The SMILES string of the molecule is Cc1cc(C)c(CC(=C=O)/C=C/c2ccccc2)c(C)c1. The van der Waals surface area contributed by atoms with E-state index in [1.807, 2.05) is 42.5 Å². The standard InChI is InChI=1S/C20H20O/c1-15-11-16(2)20(17(3)12-15)13-19(14-21)10-9-18-7-5-4-6-8-18/h4-12H,13H2,1-3H3/b10-9+. The molecule has 2 aromatic rings. The Balaban J connectivity index is 2.22. The minimum absolute atomic E-state index is 0.630. The molecule has 106 valence electrons. The maximum atomic E-state index is 11.2. The van der Waals surface area contributed by atoms with Gasteiger partial charge in [-0.25, -0.2) is 4.79 Å². The Labute approximate surface area is 126 Å². The summed E-state index contributed by atoms with van der Waals surface area (Å²) in [5, 5.41) is 0. The van der Waals surface area contributed by atoms with Crippen molar-refractivity contribution in [3.05, 3.63) is 81.9 Å². The van der Waals surface area contributed by atoms with Crippen molar-refractivity contribution in [1.82, 2.24) is 0 Å². The zero-order chi connectivity index (χ0) is 15.2. The molecule has 0 aliphatic carbocycles. The van der Waals surface area contributed by atoms with Crippen LogP contribution >= 0.6 is 0 Å². The highest BCUT2D eigenvalue weighted by Gasteiger charge is 2.06. The van der Waals surface area contributed by atoms with Crippen LogP contribution in [0.2, 0.25) is 0 Å². The molecule has 0 aliphatic heterocycles. The molecule has 1 heteroatoms. The topological polar surface area (TPSA) is 17.1 Å². The fourth-order valence-corrected chi connectivity index (χ4v) is 2.57. The van der Waals surface area contributed by atoms with Crippen LogP contribution in [0.3, 0.4) is 0 Å². The first-order valence-corrected chi connectivity index (χ1v) is 7.14. The summed E-state index contributed by atoms with van der Waals surface area (Å²) in [7, 11) is 0. The predicted molar refractivity (Wildman–Crippen MR) is 89.0 cm³/mol. The molecule has 0 aromatic heterocycles. The smallest absolute Gasteiger partial charge is 0.128 e. The molecule has 0 aliphatic rings. The first-order chi connectivity index (χ1) is 10.1. The Morgan fingerprint density at radius 2 is 1.67 bits per heavy atom. The molecule has 0 fully saturated rings. The van der Waals surface area contributed by atoms with Crippen molar-refractivity contribution in [2.24, 2.45) is 0 Å². The van der Waals surface area contributed by atoms with Crippen molar-refractivity contribution in [2.45, 2.75) is 27.2 Å². The van der Waals surface area contributed by atoms with Gasteiger partial charge in [-0.05, 0) is 49.1 Å². The van der Waals surface area contributed by atoms with E-state index in [0.717, 1.165) is 5.56 Å². The number of allylic oxidation sites excluding steroid dienone is 2. The van der Waals surface area contributed by atoms with Gasteiger partial charge in [-0.3, -0.25) is 0 Å². The number of benzene rings is 2. The van der Waals surface area contributed by atoms with Crippen LogP contribution in [-0.4, -0.2) is 5.94 Å². The zero-order valence-electron chi connectivity index (χ0n) is 12.8. The van der Waals surface area contributed by atoms with Crippen LogP contribution < -0.4 is 0 Å². The summed E-state index contributed by atoms with van der Waals surface area (Å²) in [6.07, 6.45) is 4.45. The first-order valence-electron chi connectivity index (χ1n) is 7.14. The van der Waals surface area contributed by atoms with Gasteiger partial charge >= 0.3 is 0 Å². The number of aryl methyl sites for hydroxylation is 3. The molecule has 0 saturated carbocycles. The van der Waals surface area contributed by atoms with Gasteiger partial charge in [0, 0.05) is 12.0 Å². The molecule has 0 N–H and O–H groups in total. The van der Waals surface area contributed by atoms with Gasteiger partial charge < -0.3 is 0 Å². The minimum atomic E-state index is 0.630. The summed E-state index contributed by atoms with van der Waals surface area (Å²) in [6, 6.07) is 14.3. The molecular formula is C20H20O. The number of hydrogen-bond donors (Lipinski definition) is 0. The quantitative estimate of drug-likeness (QED) is 0.588. The van der Waals surface area contributed by atoms with E-state index in [1.165, 1.54) is 22.3 Å². The van der Waals surface area contributed by atoms with E-state index < -0.39 is 0 Å². The van der Waals surface area contributed by atoms with Gasteiger partial charge in [0.1, 0.15) is 5.94 Å². The summed E-state index contributed by atoms with van der Waals surface area (Å²) in [5.74, 6) is 2.07. The van der Waals surface area contributed by atoms with Crippen molar-refractivity contribution in [2.75, 3.05) is 0 Å². The Bertz CT molecular complexity index is 679. The maximum Gasteiger partial charge on any atom is 0.128 e. The second-order valence-corrected chi connectivity index (χ2v) is 5.43. The molecule has 0 bridgehead atoms. The average Bonchev–Trinajstić information content (AvgIpc) is 2.47. The van der Waals surface area contributed by atoms with E-state index >= 15 is 0 Å². The van der Waals surface area contributed by atoms with Crippen LogP contribution in [0.5, 0.6) is 0 Å². The van der Waals surface area contributed by atoms with Crippen molar-refractivity contribution < 1.29 is 4.79 Å². The van der Waals surface area contributed by atoms with Gasteiger partial charge in [0.2, 0.25) is 0 Å². The highest BCUT2D eigenvalue weighted by atomic mass is 16.1. The van der Waals surface area contributed by atoms with E-state index in [9.17, 15) is 4.79 Å². The molecule has 0 radical (unpaired) electrons. The Morgan fingerprint density at radius 3 is 2.24 bits per heavy atom. The Morgan fingerprint density at radius 1 is 1.05 bits per heavy atom. The lowest BCUT2D eigenvalue weighted by atomic mass is 9.94. The Hall–Kier alpha value is -2.37. The van der Waals surface area contributed by atoms with Crippen LogP contribution in [-0.2, 0) is 11.2 Å². The lowest BCUT2D eigenvalue weighted by Crippen LogP contribution is -1.97. The van der Waals surface area contributed by atoms with E-state index in [4.69, 9.17) is 0 Å². The molecule has 0 atom stereocenters. The minimum Gasteiger partial charge on any atom is -0.233 e.